The van der Waals surface area contributed by atoms with Crippen LogP contribution in [0, 0.1) is 0 Å². The molecule has 2 amide bonds. The standard InChI is InChI=1S/C17H22N2O5/c1-2-12-6-3-4-7-13(12)19-15(20)10-18-16(21)11-24-17(22)14-8-5-9-23-14/h3-4,6-7,14H,2,5,8-11H2,1H3,(H,18,21)(H,19,20)/t14-/m1/s1. The van der Waals surface area contributed by atoms with E-state index in [9.17, 15) is 14.4 Å². The zero-order valence-corrected chi connectivity index (χ0v) is 13.7. The van der Waals surface area contributed by atoms with E-state index >= 15 is 0 Å². The van der Waals surface area contributed by atoms with Gasteiger partial charge in [-0.1, -0.05) is 25.1 Å². The molecule has 1 aromatic rings. The summed E-state index contributed by atoms with van der Waals surface area (Å²) in [7, 11) is 0. The van der Waals surface area contributed by atoms with Crippen molar-refractivity contribution in [2.45, 2.75) is 32.3 Å². The number of anilines is 1. The average Bonchev–Trinajstić information content (AvgIpc) is 3.13. The number of para-hydroxylation sites is 1. The third-order valence-electron chi connectivity index (χ3n) is 3.66. The van der Waals surface area contributed by atoms with Crippen LogP contribution in [0.3, 0.4) is 0 Å². The minimum atomic E-state index is -0.577. The van der Waals surface area contributed by atoms with Gasteiger partial charge >= 0.3 is 5.97 Å². The molecule has 0 bridgehead atoms. The first-order valence-electron chi connectivity index (χ1n) is 8.03. The molecule has 7 heteroatoms. The molecule has 2 N–H and O–H groups in total. The maximum Gasteiger partial charge on any atom is 0.335 e. The van der Waals surface area contributed by atoms with Crippen LogP contribution in [0.1, 0.15) is 25.3 Å². The lowest BCUT2D eigenvalue weighted by atomic mass is 10.1. The number of aryl methyl sites for hydroxylation is 1. The molecule has 1 atom stereocenters. The van der Waals surface area contributed by atoms with E-state index in [1.807, 2.05) is 31.2 Å². The lowest BCUT2D eigenvalue weighted by Crippen LogP contribution is -2.36. The van der Waals surface area contributed by atoms with E-state index in [1.165, 1.54) is 0 Å². The van der Waals surface area contributed by atoms with Crippen molar-refractivity contribution >= 4 is 23.5 Å². The van der Waals surface area contributed by atoms with E-state index in [2.05, 4.69) is 10.6 Å². The molecule has 130 valence electrons. The molecule has 7 nitrogen and oxygen atoms in total. The van der Waals surface area contributed by atoms with E-state index < -0.39 is 24.6 Å². The summed E-state index contributed by atoms with van der Waals surface area (Å²) in [5.74, 6) is -1.40. The van der Waals surface area contributed by atoms with E-state index in [1.54, 1.807) is 0 Å². The number of nitrogens with one attached hydrogen (secondary N) is 2. The quantitative estimate of drug-likeness (QED) is 0.726. The van der Waals surface area contributed by atoms with Crippen molar-refractivity contribution in [1.82, 2.24) is 5.32 Å². The van der Waals surface area contributed by atoms with Gasteiger partial charge in [-0.3, -0.25) is 9.59 Å². The second-order valence-electron chi connectivity index (χ2n) is 5.44. The van der Waals surface area contributed by atoms with Crippen molar-refractivity contribution in [3.63, 3.8) is 0 Å². The highest BCUT2D eigenvalue weighted by molar-refractivity contribution is 5.95. The largest absolute Gasteiger partial charge is 0.454 e. The van der Waals surface area contributed by atoms with Crippen LogP contribution in [-0.4, -0.2) is 43.6 Å². The van der Waals surface area contributed by atoms with Gasteiger partial charge in [-0.25, -0.2) is 4.79 Å². The van der Waals surface area contributed by atoms with Crippen LogP contribution in [0.4, 0.5) is 5.69 Å². The fourth-order valence-corrected chi connectivity index (χ4v) is 2.37. The molecule has 0 aliphatic carbocycles. The molecule has 24 heavy (non-hydrogen) atoms. The van der Waals surface area contributed by atoms with Crippen molar-refractivity contribution in [2.75, 3.05) is 25.1 Å². The van der Waals surface area contributed by atoms with E-state index in [4.69, 9.17) is 9.47 Å². The minimum absolute atomic E-state index is 0.186. The monoisotopic (exact) mass is 334 g/mol. The van der Waals surface area contributed by atoms with Crippen LogP contribution >= 0.6 is 0 Å². The summed E-state index contributed by atoms with van der Waals surface area (Å²) in [6.07, 6.45) is 1.64. The van der Waals surface area contributed by atoms with E-state index in [0.29, 0.717) is 13.0 Å². The third-order valence-corrected chi connectivity index (χ3v) is 3.66. The number of carbonyl (C=O) groups excluding carboxylic acids is 3. The molecule has 0 aromatic heterocycles. The number of amides is 2. The Kier molecular flexibility index (Phi) is 6.74. The smallest absolute Gasteiger partial charge is 0.335 e. The van der Waals surface area contributed by atoms with Crippen molar-refractivity contribution in [2.24, 2.45) is 0 Å². The number of carbonyl (C=O) groups is 3. The zero-order chi connectivity index (χ0) is 17.4. The Morgan fingerprint density at radius 1 is 1.25 bits per heavy atom. The second kappa shape index (κ2) is 9.02. The molecular weight excluding hydrogens is 312 g/mol. The number of esters is 1. The van der Waals surface area contributed by atoms with Gasteiger partial charge in [0.05, 0.1) is 6.54 Å². The van der Waals surface area contributed by atoms with Crippen molar-refractivity contribution in [3.05, 3.63) is 29.8 Å². The maximum absolute atomic E-state index is 11.9. The third kappa shape index (κ3) is 5.34. The number of ether oxygens (including phenoxy) is 2. The van der Waals surface area contributed by atoms with Gasteiger partial charge in [0.2, 0.25) is 5.91 Å². The highest BCUT2D eigenvalue weighted by atomic mass is 16.6. The molecule has 0 unspecified atom stereocenters. The molecule has 0 spiro atoms. The van der Waals surface area contributed by atoms with Gasteiger partial charge in [-0.2, -0.15) is 0 Å². The predicted molar refractivity (Wildman–Crippen MR) is 87.4 cm³/mol. The molecule has 0 saturated carbocycles. The topological polar surface area (TPSA) is 93.7 Å². The molecule has 1 fully saturated rings. The Hall–Kier alpha value is -2.41. The predicted octanol–water partition coefficient (Wildman–Crippen LogP) is 1.03. The lowest BCUT2D eigenvalue weighted by molar-refractivity contribution is -0.157. The SMILES string of the molecule is CCc1ccccc1NC(=O)CNC(=O)COC(=O)[C@H]1CCCO1. The fourth-order valence-electron chi connectivity index (χ4n) is 2.37. The molecule has 1 heterocycles. The van der Waals surface area contributed by atoms with Gasteiger partial charge < -0.3 is 20.1 Å². The average molecular weight is 334 g/mol. The van der Waals surface area contributed by atoms with Crippen LogP contribution in [-0.2, 0) is 30.3 Å². The summed E-state index contributed by atoms with van der Waals surface area (Å²) >= 11 is 0. The summed E-state index contributed by atoms with van der Waals surface area (Å²) in [6, 6.07) is 7.47. The normalized spacial score (nSPS) is 16.5. The van der Waals surface area contributed by atoms with Gasteiger partial charge in [-0.15, -0.1) is 0 Å². The lowest BCUT2D eigenvalue weighted by Gasteiger charge is -2.11. The molecule has 0 radical (unpaired) electrons. The van der Waals surface area contributed by atoms with Crippen LogP contribution < -0.4 is 10.6 Å². The summed E-state index contributed by atoms with van der Waals surface area (Å²) < 4.78 is 10.0. The Balaban J connectivity index is 1.69. The van der Waals surface area contributed by atoms with Crippen LogP contribution in [0.5, 0.6) is 0 Å². The molecule has 1 aliphatic rings. The molecule has 1 aliphatic heterocycles. The van der Waals surface area contributed by atoms with Gasteiger partial charge in [0, 0.05) is 12.3 Å². The van der Waals surface area contributed by atoms with Gasteiger partial charge in [0.1, 0.15) is 0 Å². The second-order valence-corrected chi connectivity index (χ2v) is 5.44. The fraction of sp³-hybridized carbons (Fsp3) is 0.471. The highest BCUT2D eigenvalue weighted by Crippen LogP contribution is 2.15. The number of hydrogen-bond acceptors (Lipinski definition) is 5. The Labute approximate surface area is 140 Å². The summed E-state index contributed by atoms with van der Waals surface area (Å²) in [5.41, 5.74) is 1.74. The van der Waals surface area contributed by atoms with Crippen molar-refractivity contribution in [1.29, 1.82) is 0 Å². The zero-order valence-electron chi connectivity index (χ0n) is 13.7. The highest BCUT2D eigenvalue weighted by Gasteiger charge is 2.25. The Morgan fingerprint density at radius 2 is 2.04 bits per heavy atom. The van der Waals surface area contributed by atoms with Gasteiger partial charge in [0.25, 0.3) is 5.91 Å². The molecule has 1 saturated heterocycles. The molecule has 2 rings (SSSR count). The molecular formula is C17H22N2O5. The first-order valence-corrected chi connectivity index (χ1v) is 8.03. The van der Waals surface area contributed by atoms with Gasteiger partial charge in [-0.05, 0) is 30.9 Å². The maximum atomic E-state index is 11.9. The van der Waals surface area contributed by atoms with E-state index in [-0.39, 0.29) is 12.5 Å². The number of hydrogen-bond donors (Lipinski definition) is 2. The first kappa shape index (κ1) is 17.9. The van der Waals surface area contributed by atoms with E-state index in [0.717, 1.165) is 24.1 Å². The minimum Gasteiger partial charge on any atom is -0.454 e. The van der Waals surface area contributed by atoms with Gasteiger partial charge in [0.15, 0.2) is 12.7 Å². The van der Waals surface area contributed by atoms with Crippen LogP contribution in [0.2, 0.25) is 0 Å². The van der Waals surface area contributed by atoms with Crippen LogP contribution in [0.25, 0.3) is 0 Å². The van der Waals surface area contributed by atoms with Crippen LogP contribution in [0.15, 0.2) is 24.3 Å². The summed E-state index contributed by atoms with van der Waals surface area (Å²) in [6.45, 7) is 1.92. The molecule has 1 aromatic carbocycles. The number of rotatable bonds is 7. The summed E-state index contributed by atoms with van der Waals surface area (Å²) in [5, 5.41) is 5.16. The Bertz CT molecular complexity index is 596. The first-order chi connectivity index (χ1) is 11.6. The van der Waals surface area contributed by atoms with Crippen molar-refractivity contribution in [3.8, 4) is 0 Å². The number of benzene rings is 1. The summed E-state index contributed by atoms with van der Waals surface area (Å²) in [4.78, 5) is 35.1. The Morgan fingerprint density at radius 3 is 2.75 bits per heavy atom. The van der Waals surface area contributed by atoms with Crippen molar-refractivity contribution < 1.29 is 23.9 Å².